The summed E-state index contributed by atoms with van der Waals surface area (Å²) < 4.78 is 5.54. The van der Waals surface area contributed by atoms with Crippen molar-refractivity contribution in [1.82, 2.24) is 14.9 Å². The molecule has 1 N–H and O–H groups in total. The lowest BCUT2D eigenvalue weighted by Gasteiger charge is -2.37. The van der Waals surface area contributed by atoms with Crippen molar-refractivity contribution in [3.8, 4) is 0 Å². The number of aryl methyl sites for hydroxylation is 1. The molecular weight excluding hydrogens is 532 g/mol. The molecule has 42 heavy (non-hydrogen) atoms. The zero-order chi connectivity index (χ0) is 29.1. The molecule has 0 atom stereocenters. The number of likely N-dealkylation sites (tertiary alicyclic amines) is 1. The van der Waals surface area contributed by atoms with E-state index in [1.54, 1.807) is 6.07 Å². The lowest BCUT2D eigenvalue weighted by Crippen LogP contribution is -2.47. The normalized spacial score (nSPS) is 17.2. The Morgan fingerprint density at radius 1 is 1.02 bits per heavy atom. The van der Waals surface area contributed by atoms with Gasteiger partial charge >= 0.3 is 0 Å². The second-order valence-corrected chi connectivity index (χ2v) is 11.6. The number of hydrogen-bond donors (Lipinski definition) is 1. The molecule has 10 nitrogen and oxygen atoms in total. The lowest BCUT2D eigenvalue weighted by molar-refractivity contribution is -0.127. The summed E-state index contributed by atoms with van der Waals surface area (Å²) in [5.74, 6) is 1.77. The van der Waals surface area contributed by atoms with Gasteiger partial charge in [-0.2, -0.15) is 0 Å². The number of amides is 2. The first-order valence-corrected chi connectivity index (χ1v) is 15.1. The van der Waals surface area contributed by atoms with E-state index in [9.17, 15) is 14.4 Å². The molecule has 0 bridgehead atoms. The van der Waals surface area contributed by atoms with Crippen LogP contribution in [0.2, 0.25) is 0 Å². The van der Waals surface area contributed by atoms with Gasteiger partial charge in [-0.25, -0.2) is 9.97 Å². The quantitative estimate of drug-likeness (QED) is 0.258. The number of nitrogens with one attached hydrogen (secondary N) is 1. The highest BCUT2D eigenvalue weighted by Gasteiger charge is 2.30. The molecule has 2 aromatic heterocycles. The molecule has 1 aliphatic carbocycles. The van der Waals surface area contributed by atoms with Crippen LogP contribution in [0.4, 0.5) is 17.2 Å². The smallest absolute Gasteiger partial charge is 0.277 e. The predicted molar refractivity (Wildman–Crippen MR) is 160 cm³/mol. The summed E-state index contributed by atoms with van der Waals surface area (Å²) in [5.41, 5.74) is 3.39. The van der Waals surface area contributed by atoms with Crippen molar-refractivity contribution in [2.75, 3.05) is 54.4 Å². The molecule has 3 aromatic rings. The Bertz CT molecular complexity index is 1440. The van der Waals surface area contributed by atoms with Gasteiger partial charge in [-0.1, -0.05) is 6.07 Å². The first-order chi connectivity index (χ1) is 20.4. The van der Waals surface area contributed by atoms with Crippen LogP contribution < -0.4 is 15.1 Å². The van der Waals surface area contributed by atoms with Gasteiger partial charge in [0.25, 0.3) is 5.91 Å². The number of ketones is 1. The third-order valence-corrected chi connectivity index (χ3v) is 8.34. The molecule has 10 heteroatoms. The van der Waals surface area contributed by atoms with Gasteiger partial charge in [0.05, 0.1) is 11.4 Å². The summed E-state index contributed by atoms with van der Waals surface area (Å²) in [6.45, 7) is 6.63. The van der Waals surface area contributed by atoms with Crippen LogP contribution in [0.1, 0.15) is 83.2 Å². The number of benzene rings is 1. The van der Waals surface area contributed by atoms with E-state index in [2.05, 4.69) is 31.2 Å². The Morgan fingerprint density at radius 2 is 1.83 bits per heavy atom. The maximum absolute atomic E-state index is 13.2. The van der Waals surface area contributed by atoms with E-state index >= 15 is 0 Å². The van der Waals surface area contributed by atoms with E-state index in [4.69, 9.17) is 4.42 Å². The number of hydrogen-bond acceptors (Lipinski definition) is 8. The Kier molecular flexibility index (Phi) is 8.21. The van der Waals surface area contributed by atoms with E-state index in [0.717, 1.165) is 75.5 Å². The number of pyridine rings is 1. The second kappa shape index (κ2) is 12.3. The average Bonchev–Trinajstić information content (AvgIpc) is 3.59. The molecule has 1 aromatic carbocycles. The van der Waals surface area contributed by atoms with Crippen LogP contribution in [0, 0.1) is 6.92 Å². The maximum Gasteiger partial charge on any atom is 0.277 e. The SMILES string of the molecule is Cc1ccc(N2CCN(c3ccc(C(=O)CCCCN4CCCC4=O)cc3NC(=O)c3coc(C4CC4)n3)CC2)nc1. The summed E-state index contributed by atoms with van der Waals surface area (Å²) in [7, 11) is 0. The van der Waals surface area contributed by atoms with Crippen molar-refractivity contribution in [3.63, 3.8) is 0 Å². The number of unbranched alkanes of at least 4 members (excludes halogenated alkanes) is 1. The van der Waals surface area contributed by atoms with Crippen LogP contribution in [0.25, 0.3) is 0 Å². The summed E-state index contributed by atoms with van der Waals surface area (Å²) >= 11 is 0. The zero-order valence-electron chi connectivity index (χ0n) is 24.2. The van der Waals surface area contributed by atoms with Gasteiger partial charge in [-0.3, -0.25) is 14.4 Å². The van der Waals surface area contributed by atoms with Gasteiger partial charge in [0, 0.05) is 69.8 Å². The van der Waals surface area contributed by atoms with Gasteiger partial charge in [0.15, 0.2) is 17.4 Å². The van der Waals surface area contributed by atoms with Crippen molar-refractivity contribution >= 4 is 34.8 Å². The topological polar surface area (TPSA) is 112 Å². The number of anilines is 3. The van der Waals surface area contributed by atoms with Gasteiger partial charge < -0.3 is 24.4 Å². The predicted octanol–water partition coefficient (Wildman–Crippen LogP) is 4.81. The molecule has 0 spiro atoms. The number of piperazine rings is 1. The number of carbonyl (C=O) groups is 3. The summed E-state index contributed by atoms with van der Waals surface area (Å²) in [4.78, 5) is 53.6. The number of Topliss-reactive ketones (excluding diaryl/α,β-unsaturated/α-hetero) is 1. The van der Waals surface area contributed by atoms with E-state index < -0.39 is 0 Å². The van der Waals surface area contributed by atoms with E-state index in [-0.39, 0.29) is 23.3 Å². The highest BCUT2D eigenvalue weighted by molar-refractivity contribution is 6.06. The standard InChI is InChI=1S/C32H38N6O4/c1-22-7-12-29(33-20-22)37-17-15-36(16-18-37)27-11-10-24(28(39)5-2-3-13-38-14-4-6-30(38)40)19-25(27)34-31(41)26-21-42-32(35-26)23-8-9-23/h7,10-12,19-21,23H,2-6,8-9,13-18H2,1H3,(H,34,41). The lowest BCUT2D eigenvalue weighted by atomic mass is 10.0. The van der Waals surface area contributed by atoms with Gasteiger partial charge in [-0.15, -0.1) is 0 Å². The molecule has 2 amide bonds. The van der Waals surface area contributed by atoms with Crippen molar-refractivity contribution in [1.29, 1.82) is 0 Å². The van der Waals surface area contributed by atoms with Crippen molar-refractivity contribution in [3.05, 3.63) is 65.5 Å². The van der Waals surface area contributed by atoms with Crippen LogP contribution in [0.15, 0.2) is 47.2 Å². The van der Waals surface area contributed by atoms with Crippen molar-refractivity contribution < 1.29 is 18.8 Å². The molecule has 4 heterocycles. The fraction of sp³-hybridized carbons (Fsp3) is 0.469. The molecule has 2 saturated heterocycles. The molecular formula is C32H38N6O4. The third-order valence-electron chi connectivity index (χ3n) is 8.34. The van der Waals surface area contributed by atoms with Gasteiger partial charge in [0.2, 0.25) is 5.91 Å². The van der Waals surface area contributed by atoms with Crippen molar-refractivity contribution in [2.24, 2.45) is 0 Å². The monoisotopic (exact) mass is 570 g/mol. The number of aromatic nitrogens is 2. The van der Waals surface area contributed by atoms with Crippen LogP contribution in [0.5, 0.6) is 0 Å². The molecule has 0 unspecified atom stereocenters. The number of carbonyl (C=O) groups excluding carboxylic acids is 3. The number of nitrogens with zero attached hydrogens (tertiary/aromatic N) is 5. The largest absolute Gasteiger partial charge is 0.448 e. The summed E-state index contributed by atoms with van der Waals surface area (Å²) in [5, 5.41) is 3.02. The summed E-state index contributed by atoms with van der Waals surface area (Å²) in [6, 6.07) is 9.70. The molecule has 1 saturated carbocycles. The number of rotatable bonds is 11. The molecule has 3 aliphatic rings. The van der Waals surface area contributed by atoms with Crippen molar-refractivity contribution in [2.45, 2.75) is 57.8 Å². The molecule has 0 radical (unpaired) electrons. The van der Waals surface area contributed by atoms with Crippen LogP contribution in [-0.2, 0) is 4.79 Å². The first-order valence-electron chi connectivity index (χ1n) is 15.1. The average molecular weight is 571 g/mol. The fourth-order valence-corrected chi connectivity index (χ4v) is 5.68. The van der Waals surface area contributed by atoms with Gasteiger partial charge in [-0.05, 0) is 68.9 Å². The Labute approximate surface area is 246 Å². The Morgan fingerprint density at radius 3 is 2.55 bits per heavy atom. The Balaban J connectivity index is 1.14. The third kappa shape index (κ3) is 6.48. The highest BCUT2D eigenvalue weighted by Crippen LogP contribution is 2.39. The van der Waals surface area contributed by atoms with E-state index in [1.807, 2.05) is 36.2 Å². The Hall–Kier alpha value is -4.21. The maximum atomic E-state index is 13.2. The van der Waals surface area contributed by atoms with Crippen LogP contribution in [0.3, 0.4) is 0 Å². The van der Waals surface area contributed by atoms with E-state index in [0.29, 0.717) is 48.9 Å². The molecule has 2 aliphatic heterocycles. The molecule has 3 fully saturated rings. The molecule has 6 rings (SSSR count). The fourth-order valence-electron chi connectivity index (χ4n) is 5.68. The highest BCUT2D eigenvalue weighted by atomic mass is 16.3. The first kappa shape index (κ1) is 27.9. The minimum absolute atomic E-state index is 0.0255. The van der Waals surface area contributed by atoms with Crippen LogP contribution in [-0.4, -0.2) is 71.7 Å². The van der Waals surface area contributed by atoms with Gasteiger partial charge in [0.1, 0.15) is 12.1 Å². The minimum Gasteiger partial charge on any atom is -0.448 e. The molecule has 220 valence electrons. The zero-order valence-corrected chi connectivity index (χ0v) is 24.2. The summed E-state index contributed by atoms with van der Waals surface area (Å²) in [6.07, 6.45) is 8.83. The van der Waals surface area contributed by atoms with Crippen LogP contribution >= 0.6 is 0 Å². The minimum atomic E-state index is -0.353. The number of oxazole rings is 1. The second-order valence-electron chi connectivity index (χ2n) is 11.6. The van der Waals surface area contributed by atoms with E-state index in [1.165, 1.54) is 6.26 Å².